The van der Waals surface area contributed by atoms with E-state index in [0.29, 0.717) is 29.3 Å². The van der Waals surface area contributed by atoms with Crippen LogP contribution >= 0.6 is 0 Å². The highest BCUT2D eigenvalue weighted by molar-refractivity contribution is 6.25. The van der Waals surface area contributed by atoms with Crippen molar-refractivity contribution in [1.29, 1.82) is 5.26 Å². The summed E-state index contributed by atoms with van der Waals surface area (Å²) >= 11 is 0. The lowest BCUT2D eigenvalue weighted by molar-refractivity contribution is -0.161. The maximum absolute atomic E-state index is 13.5. The monoisotopic (exact) mass is 630 g/mol. The van der Waals surface area contributed by atoms with Gasteiger partial charge in [0.25, 0.3) is 0 Å². The Morgan fingerprint density at radius 3 is 1.61 bits per heavy atom. The number of allylic oxidation sites excluding steroid dienone is 4. The molecule has 0 saturated heterocycles. The maximum Gasteiger partial charge on any atom is 0.416 e. The number of hydrogen-bond donors (Lipinski definition) is 0. The van der Waals surface area contributed by atoms with Crippen LogP contribution in [0.3, 0.4) is 0 Å². The number of fused-ring (bicyclic) bond motifs is 3. The minimum Gasteiger partial charge on any atom is -0.172 e. The lowest BCUT2D eigenvalue weighted by Crippen LogP contribution is -2.26. The van der Waals surface area contributed by atoms with Gasteiger partial charge in [0.1, 0.15) is 0 Å². The van der Waals surface area contributed by atoms with E-state index in [0.717, 1.165) is 0 Å². The second-order valence-electron chi connectivity index (χ2n) is 10.0. The van der Waals surface area contributed by atoms with Crippen LogP contribution in [0.25, 0.3) is 27.8 Å². The van der Waals surface area contributed by atoms with Crippen molar-refractivity contribution >= 4 is 11.3 Å². The molecule has 228 valence electrons. The van der Waals surface area contributed by atoms with Crippen molar-refractivity contribution in [2.45, 2.75) is 31.1 Å². The second-order valence-corrected chi connectivity index (χ2v) is 10.0. The van der Waals surface area contributed by atoms with Gasteiger partial charge in [-0.25, -0.2) is 0 Å². The van der Waals surface area contributed by atoms with Gasteiger partial charge in [-0.05, 0) is 76.2 Å². The molecule has 0 spiro atoms. The standard InChI is InChI=1S/C30H14F12N2/c31-27(32,33)18-5-16(6-19(11-18)28(34,35)36)14-1-3-22-23-4-2-15(10-25(23)26(44-13-43)24(22)9-14)17-7-20(29(37,38)39)12-21(8-17)30(40,41)42/h1-7,9-12,21H,8H2. The van der Waals surface area contributed by atoms with Gasteiger partial charge in [-0.3, -0.25) is 0 Å². The fourth-order valence-electron chi connectivity index (χ4n) is 5.16. The fourth-order valence-corrected chi connectivity index (χ4v) is 5.16. The predicted octanol–water partition coefficient (Wildman–Crippen LogP) is 10.1. The Morgan fingerprint density at radius 1 is 0.614 bits per heavy atom. The maximum atomic E-state index is 13.5. The molecule has 14 heteroatoms. The first-order chi connectivity index (χ1) is 20.3. The highest BCUT2D eigenvalue weighted by Gasteiger charge is 2.44. The number of benzene rings is 3. The Bertz CT molecular complexity index is 1760. The van der Waals surface area contributed by atoms with Crippen molar-refractivity contribution in [2.75, 3.05) is 0 Å². The number of aliphatic imine (C=N–C) groups is 1. The lowest BCUT2D eigenvalue weighted by atomic mass is 9.85. The summed E-state index contributed by atoms with van der Waals surface area (Å²) in [7, 11) is 0. The van der Waals surface area contributed by atoms with Crippen molar-refractivity contribution in [2.24, 2.45) is 10.9 Å². The van der Waals surface area contributed by atoms with Crippen LogP contribution in [0.15, 0.2) is 77.3 Å². The van der Waals surface area contributed by atoms with Gasteiger partial charge in [-0.2, -0.15) is 62.9 Å². The van der Waals surface area contributed by atoms with E-state index in [1.165, 1.54) is 42.6 Å². The highest BCUT2D eigenvalue weighted by atomic mass is 19.4. The third-order valence-electron chi connectivity index (χ3n) is 7.19. The third kappa shape index (κ3) is 5.82. The average Bonchev–Trinajstić information content (AvgIpc) is 3.23. The molecule has 2 aliphatic carbocycles. The van der Waals surface area contributed by atoms with Crippen molar-refractivity contribution in [3.63, 3.8) is 0 Å². The minimum atomic E-state index is -5.10. The Morgan fingerprint density at radius 2 is 1.14 bits per heavy atom. The van der Waals surface area contributed by atoms with Gasteiger partial charge in [0.05, 0.1) is 28.3 Å². The van der Waals surface area contributed by atoms with E-state index in [4.69, 9.17) is 0 Å². The van der Waals surface area contributed by atoms with Crippen molar-refractivity contribution in [3.05, 3.63) is 100 Å². The summed E-state index contributed by atoms with van der Waals surface area (Å²) in [4.78, 5) is 3.72. The number of rotatable bonds is 2. The summed E-state index contributed by atoms with van der Waals surface area (Å²) < 4.78 is 161. The van der Waals surface area contributed by atoms with Crippen LogP contribution in [0.1, 0.15) is 34.2 Å². The van der Waals surface area contributed by atoms with E-state index in [9.17, 15) is 57.9 Å². The van der Waals surface area contributed by atoms with Crippen molar-refractivity contribution in [1.82, 2.24) is 0 Å². The van der Waals surface area contributed by atoms with Crippen LogP contribution in [-0.4, -0.2) is 18.1 Å². The molecule has 0 saturated carbocycles. The SMILES string of the molecule is N#CN=C1c2cc(C3=CC(C(F)(F)F)=CC(C(F)(F)F)C3)ccc2-c2ccc(-c3cc(C(F)(F)F)cc(C(F)(F)F)c3)cc21. The summed E-state index contributed by atoms with van der Waals surface area (Å²) in [5.74, 6) is -2.42. The molecule has 0 heterocycles. The Hall–Kier alpha value is -4.54. The molecule has 0 aromatic heterocycles. The molecule has 0 aliphatic heterocycles. The Balaban J connectivity index is 1.61. The van der Waals surface area contributed by atoms with E-state index in [1.54, 1.807) is 0 Å². The van der Waals surface area contributed by atoms with E-state index in [1.807, 2.05) is 0 Å². The van der Waals surface area contributed by atoms with Gasteiger partial charge in [0.2, 0.25) is 6.19 Å². The van der Waals surface area contributed by atoms with Crippen LogP contribution in [0.4, 0.5) is 52.7 Å². The topological polar surface area (TPSA) is 36.1 Å². The van der Waals surface area contributed by atoms with Gasteiger partial charge in [-0.15, -0.1) is 0 Å². The van der Waals surface area contributed by atoms with Gasteiger partial charge < -0.3 is 0 Å². The number of nitriles is 1. The zero-order valence-corrected chi connectivity index (χ0v) is 21.6. The lowest BCUT2D eigenvalue weighted by Gasteiger charge is -2.25. The molecule has 2 aliphatic rings. The normalized spacial score (nSPS) is 18.0. The van der Waals surface area contributed by atoms with Crippen molar-refractivity contribution in [3.8, 4) is 28.4 Å². The molecule has 0 N–H and O–H groups in total. The average molecular weight is 630 g/mol. The van der Waals surface area contributed by atoms with E-state index in [-0.39, 0.29) is 45.7 Å². The van der Waals surface area contributed by atoms with E-state index < -0.39 is 59.3 Å². The Kier molecular flexibility index (Phi) is 7.22. The molecule has 2 nitrogen and oxygen atoms in total. The molecule has 0 fully saturated rings. The van der Waals surface area contributed by atoms with E-state index >= 15 is 0 Å². The van der Waals surface area contributed by atoms with Gasteiger partial charge >= 0.3 is 24.7 Å². The number of hydrogen-bond acceptors (Lipinski definition) is 2. The molecule has 44 heavy (non-hydrogen) atoms. The van der Waals surface area contributed by atoms with Gasteiger partial charge in [0, 0.05) is 11.1 Å². The fraction of sp³-hybridized carbons (Fsp3) is 0.200. The highest BCUT2D eigenvalue weighted by Crippen LogP contribution is 2.46. The molecule has 0 amide bonds. The smallest absolute Gasteiger partial charge is 0.172 e. The first-order valence-corrected chi connectivity index (χ1v) is 12.4. The Labute approximate surface area is 240 Å². The number of nitrogens with zero attached hydrogens (tertiary/aromatic N) is 2. The van der Waals surface area contributed by atoms with Crippen LogP contribution in [0, 0.1) is 17.4 Å². The van der Waals surface area contributed by atoms with Crippen LogP contribution in [-0.2, 0) is 12.4 Å². The van der Waals surface area contributed by atoms with Crippen LogP contribution in [0.2, 0.25) is 0 Å². The summed E-state index contributed by atoms with van der Waals surface area (Å²) in [6.45, 7) is 0. The molecular weight excluding hydrogens is 616 g/mol. The summed E-state index contributed by atoms with van der Waals surface area (Å²) in [5.41, 5.74) is -4.62. The predicted molar refractivity (Wildman–Crippen MR) is 135 cm³/mol. The molecule has 1 atom stereocenters. The number of halogens is 12. The van der Waals surface area contributed by atoms with Gasteiger partial charge in [0.15, 0.2) is 0 Å². The molecular formula is C30H14F12N2. The van der Waals surface area contributed by atoms with Gasteiger partial charge in [-0.1, -0.05) is 30.3 Å². The first kappa shape index (κ1) is 30.9. The zero-order chi connectivity index (χ0) is 32.4. The molecule has 5 rings (SSSR count). The molecule has 3 aromatic carbocycles. The summed E-state index contributed by atoms with van der Waals surface area (Å²) in [5, 5.41) is 9.33. The summed E-state index contributed by atoms with van der Waals surface area (Å²) in [6.07, 6.45) is -18.8. The van der Waals surface area contributed by atoms with Crippen molar-refractivity contribution < 1.29 is 52.7 Å². The van der Waals surface area contributed by atoms with E-state index in [2.05, 4.69) is 4.99 Å². The largest absolute Gasteiger partial charge is 0.416 e. The first-order valence-electron chi connectivity index (χ1n) is 12.4. The molecule has 3 aromatic rings. The quantitative estimate of drug-likeness (QED) is 0.160. The van der Waals surface area contributed by atoms with Crippen LogP contribution < -0.4 is 0 Å². The minimum absolute atomic E-state index is 0.0283. The van der Waals surface area contributed by atoms with Crippen LogP contribution in [0.5, 0.6) is 0 Å². The number of alkyl halides is 12. The second kappa shape index (κ2) is 10.3. The third-order valence-corrected chi connectivity index (χ3v) is 7.19. The summed E-state index contributed by atoms with van der Waals surface area (Å²) in [6, 6.07) is 8.75. The molecule has 0 radical (unpaired) electrons. The molecule has 1 unspecified atom stereocenters. The molecule has 0 bridgehead atoms. The zero-order valence-electron chi connectivity index (χ0n) is 21.6.